The van der Waals surface area contributed by atoms with Crippen LogP contribution in [0.15, 0.2) is 70.9 Å². The van der Waals surface area contributed by atoms with E-state index in [2.05, 4.69) is 4.72 Å². The zero-order valence-electron chi connectivity index (χ0n) is 16.1. The van der Waals surface area contributed by atoms with Gasteiger partial charge in [-0.3, -0.25) is 4.79 Å². The fraction of sp³-hybridized carbons (Fsp3) is 0.227. The highest BCUT2D eigenvalue weighted by Crippen LogP contribution is 2.30. The van der Waals surface area contributed by atoms with Crippen molar-refractivity contribution in [3.05, 3.63) is 87.9 Å². The number of halogens is 1. The van der Waals surface area contributed by atoms with E-state index in [0.717, 1.165) is 17.7 Å². The average molecular weight is 445 g/mol. The van der Waals surface area contributed by atoms with Crippen LogP contribution in [0.3, 0.4) is 0 Å². The molecule has 2 aromatic carbocycles. The van der Waals surface area contributed by atoms with Gasteiger partial charge in [0.1, 0.15) is 5.82 Å². The third-order valence-corrected chi connectivity index (χ3v) is 7.27. The molecule has 1 fully saturated rings. The fourth-order valence-electron chi connectivity index (χ4n) is 3.17. The molecule has 0 bridgehead atoms. The van der Waals surface area contributed by atoms with Gasteiger partial charge in [-0.1, -0.05) is 24.3 Å². The maximum Gasteiger partial charge on any atom is 0.254 e. The Morgan fingerprint density at radius 3 is 2.43 bits per heavy atom. The van der Waals surface area contributed by atoms with Gasteiger partial charge in [-0.15, -0.1) is 11.3 Å². The van der Waals surface area contributed by atoms with E-state index in [1.165, 1.54) is 41.7 Å². The van der Waals surface area contributed by atoms with E-state index < -0.39 is 10.0 Å². The van der Waals surface area contributed by atoms with E-state index >= 15 is 0 Å². The number of hydrogen-bond donors (Lipinski definition) is 1. The molecule has 0 unspecified atom stereocenters. The molecule has 5 nitrogen and oxygen atoms in total. The van der Waals surface area contributed by atoms with E-state index in [4.69, 9.17) is 0 Å². The first-order valence-corrected chi connectivity index (χ1v) is 12.0. The van der Waals surface area contributed by atoms with Crippen LogP contribution in [0.4, 0.5) is 4.39 Å². The zero-order valence-corrected chi connectivity index (χ0v) is 17.8. The molecule has 0 spiro atoms. The summed E-state index contributed by atoms with van der Waals surface area (Å²) in [5.41, 5.74) is 0.852. The van der Waals surface area contributed by atoms with Crippen LogP contribution in [0.5, 0.6) is 0 Å². The molecule has 8 heteroatoms. The summed E-state index contributed by atoms with van der Waals surface area (Å²) < 4.78 is 41.6. The van der Waals surface area contributed by atoms with Crippen LogP contribution in [-0.2, 0) is 23.1 Å². The molecule has 1 N–H and O–H groups in total. The Kier molecular flexibility index (Phi) is 5.99. The quantitative estimate of drug-likeness (QED) is 0.567. The van der Waals surface area contributed by atoms with Crippen molar-refractivity contribution < 1.29 is 17.6 Å². The van der Waals surface area contributed by atoms with Crippen LogP contribution >= 0.6 is 11.3 Å². The van der Waals surface area contributed by atoms with Crippen molar-refractivity contribution in [3.8, 4) is 0 Å². The standard InChI is InChI=1S/C22H21FN2O3S2/c23-21-6-2-1-4-17(21)15-25(18-9-10-18)22(26)16-7-11-20(12-8-16)30(27,28)24-14-19-5-3-13-29-19/h1-8,11-13,18,24H,9-10,14-15H2. The molecule has 1 aliphatic carbocycles. The van der Waals surface area contributed by atoms with Gasteiger partial charge in [0.2, 0.25) is 10.0 Å². The Bertz CT molecular complexity index is 1130. The molecule has 0 atom stereocenters. The van der Waals surface area contributed by atoms with Crippen LogP contribution in [0, 0.1) is 5.82 Å². The molecule has 3 aromatic rings. The van der Waals surface area contributed by atoms with Crippen LogP contribution in [0.25, 0.3) is 0 Å². The SMILES string of the molecule is O=C(c1ccc(S(=O)(=O)NCc2cccs2)cc1)N(Cc1ccccc1F)C1CC1. The maximum atomic E-state index is 14.0. The Morgan fingerprint density at radius 1 is 1.07 bits per heavy atom. The Morgan fingerprint density at radius 2 is 1.80 bits per heavy atom. The van der Waals surface area contributed by atoms with Crippen molar-refractivity contribution in [2.24, 2.45) is 0 Å². The molecular formula is C22H21FN2O3S2. The van der Waals surface area contributed by atoms with Crippen molar-refractivity contribution in [1.29, 1.82) is 0 Å². The fourth-order valence-corrected chi connectivity index (χ4v) is 4.91. The first-order valence-electron chi connectivity index (χ1n) is 9.60. The molecule has 1 amide bonds. The third kappa shape index (κ3) is 4.77. The first-order chi connectivity index (χ1) is 14.4. The number of hydrogen-bond acceptors (Lipinski definition) is 4. The summed E-state index contributed by atoms with van der Waals surface area (Å²) in [7, 11) is -3.68. The number of nitrogens with one attached hydrogen (secondary N) is 1. The molecule has 1 saturated carbocycles. The van der Waals surface area contributed by atoms with Crippen LogP contribution in [-0.4, -0.2) is 25.3 Å². The van der Waals surface area contributed by atoms with Gasteiger partial charge in [0.05, 0.1) is 4.90 Å². The monoisotopic (exact) mass is 444 g/mol. The Balaban J connectivity index is 1.48. The topological polar surface area (TPSA) is 66.5 Å². The van der Waals surface area contributed by atoms with Gasteiger partial charge in [-0.05, 0) is 54.6 Å². The lowest BCUT2D eigenvalue weighted by Gasteiger charge is -2.23. The van der Waals surface area contributed by atoms with Gasteiger partial charge in [0, 0.05) is 35.1 Å². The van der Waals surface area contributed by atoms with Crippen molar-refractivity contribution in [2.75, 3.05) is 0 Å². The summed E-state index contributed by atoms with van der Waals surface area (Å²) in [5.74, 6) is -0.564. The second kappa shape index (κ2) is 8.67. The number of carbonyl (C=O) groups excluding carboxylic acids is 1. The Labute approximate surface area is 179 Å². The number of nitrogens with zero attached hydrogens (tertiary/aromatic N) is 1. The zero-order chi connectivity index (χ0) is 21.1. The van der Waals surface area contributed by atoms with E-state index in [0.29, 0.717) is 11.1 Å². The molecule has 4 rings (SSSR count). The van der Waals surface area contributed by atoms with E-state index in [1.807, 2.05) is 17.5 Å². The lowest BCUT2D eigenvalue weighted by molar-refractivity contribution is 0.0728. The molecule has 0 radical (unpaired) electrons. The third-order valence-electron chi connectivity index (χ3n) is 4.98. The predicted octanol–water partition coefficient (Wildman–Crippen LogP) is 4.17. The number of thiophene rings is 1. The summed E-state index contributed by atoms with van der Waals surface area (Å²) in [5, 5.41) is 1.89. The number of benzene rings is 2. The lowest BCUT2D eigenvalue weighted by Crippen LogP contribution is -2.33. The van der Waals surface area contributed by atoms with Crippen LogP contribution in [0.1, 0.15) is 33.6 Å². The summed E-state index contributed by atoms with van der Waals surface area (Å²) in [6, 6.07) is 16.1. The smallest absolute Gasteiger partial charge is 0.254 e. The van der Waals surface area contributed by atoms with Crippen LogP contribution < -0.4 is 4.72 Å². The molecule has 0 saturated heterocycles. The van der Waals surface area contributed by atoms with Gasteiger partial charge >= 0.3 is 0 Å². The second-order valence-electron chi connectivity index (χ2n) is 7.18. The molecule has 156 valence electrons. The molecule has 1 aliphatic rings. The summed E-state index contributed by atoms with van der Waals surface area (Å²) in [6.45, 7) is 0.414. The Hall–Kier alpha value is -2.55. The summed E-state index contributed by atoms with van der Waals surface area (Å²) >= 11 is 1.47. The number of sulfonamides is 1. The summed E-state index contributed by atoms with van der Waals surface area (Å²) in [6.07, 6.45) is 1.78. The minimum Gasteiger partial charge on any atom is -0.331 e. The lowest BCUT2D eigenvalue weighted by atomic mass is 10.1. The average Bonchev–Trinajstić information content (AvgIpc) is 3.45. The number of carbonyl (C=O) groups is 1. The highest BCUT2D eigenvalue weighted by molar-refractivity contribution is 7.89. The van der Waals surface area contributed by atoms with Gasteiger partial charge < -0.3 is 4.90 Å². The van der Waals surface area contributed by atoms with E-state index in [1.54, 1.807) is 23.1 Å². The minimum atomic E-state index is -3.68. The molecule has 1 heterocycles. The highest BCUT2D eigenvalue weighted by atomic mass is 32.2. The molecule has 0 aliphatic heterocycles. The van der Waals surface area contributed by atoms with Crippen molar-refractivity contribution >= 4 is 27.3 Å². The van der Waals surface area contributed by atoms with Gasteiger partial charge in [0.25, 0.3) is 5.91 Å². The van der Waals surface area contributed by atoms with E-state index in [9.17, 15) is 17.6 Å². The predicted molar refractivity (Wildman–Crippen MR) is 114 cm³/mol. The van der Waals surface area contributed by atoms with Crippen molar-refractivity contribution in [2.45, 2.75) is 36.9 Å². The van der Waals surface area contributed by atoms with E-state index in [-0.39, 0.29) is 35.8 Å². The van der Waals surface area contributed by atoms with Gasteiger partial charge in [-0.2, -0.15) is 0 Å². The molecule has 1 aromatic heterocycles. The maximum absolute atomic E-state index is 14.0. The van der Waals surface area contributed by atoms with Gasteiger partial charge in [-0.25, -0.2) is 17.5 Å². The van der Waals surface area contributed by atoms with Crippen LogP contribution in [0.2, 0.25) is 0 Å². The first kappa shape index (κ1) is 20.7. The number of amides is 1. The normalized spacial score (nSPS) is 13.9. The van der Waals surface area contributed by atoms with Crippen molar-refractivity contribution in [1.82, 2.24) is 9.62 Å². The van der Waals surface area contributed by atoms with Gasteiger partial charge in [0.15, 0.2) is 0 Å². The summed E-state index contributed by atoms with van der Waals surface area (Å²) in [4.78, 5) is 15.7. The van der Waals surface area contributed by atoms with Crippen molar-refractivity contribution in [3.63, 3.8) is 0 Å². The largest absolute Gasteiger partial charge is 0.331 e. The second-order valence-corrected chi connectivity index (χ2v) is 9.98. The highest BCUT2D eigenvalue weighted by Gasteiger charge is 2.33. The molecule has 30 heavy (non-hydrogen) atoms. The minimum absolute atomic E-state index is 0.0907. The molecular weight excluding hydrogens is 423 g/mol. The number of rotatable bonds is 8.